The molecule has 1 saturated heterocycles. The molecule has 2 heterocycles. The number of aromatic nitrogens is 2. The summed E-state index contributed by atoms with van der Waals surface area (Å²) in [5.41, 5.74) is 6.13. The lowest BCUT2D eigenvalue weighted by Gasteiger charge is -2.36. The molecule has 0 atom stereocenters. The van der Waals surface area contributed by atoms with Crippen molar-refractivity contribution in [2.75, 3.05) is 41.3 Å². The van der Waals surface area contributed by atoms with Crippen LogP contribution in [0, 0.1) is 20.8 Å². The zero-order chi connectivity index (χ0) is 19.5. The molecule has 5 heteroatoms. The first-order valence-corrected chi connectivity index (χ1v) is 9.82. The number of nitrogens with one attached hydrogen (secondary N) is 1. The van der Waals surface area contributed by atoms with Gasteiger partial charge in [-0.15, -0.1) is 0 Å². The normalized spacial score (nSPS) is 14.2. The predicted octanol–water partition coefficient (Wildman–Crippen LogP) is 4.47. The maximum Gasteiger partial charge on any atom is 0.227 e. The molecule has 5 nitrogen and oxygen atoms in total. The number of hydrogen-bond donors (Lipinski definition) is 1. The molecule has 0 radical (unpaired) electrons. The van der Waals surface area contributed by atoms with Crippen molar-refractivity contribution in [1.82, 2.24) is 9.97 Å². The predicted molar refractivity (Wildman–Crippen MR) is 117 cm³/mol. The second-order valence-electron chi connectivity index (χ2n) is 7.50. The zero-order valence-corrected chi connectivity index (χ0v) is 16.8. The summed E-state index contributed by atoms with van der Waals surface area (Å²) in [6.45, 7) is 10.1. The van der Waals surface area contributed by atoms with E-state index in [4.69, 9.17) is 4.98 Å². The van der Waals surface area contributed by atoms with Crippen LogP contribution in [0.25, 0.3) is 0 Å². The summed E-state index contributed by atoms with van der Waals surface area (Å²) in [4.78, 5) is 14.0. The topological polar surface area (TPSA) is 44.3 Å². The maximum atomic E-state index is 4.76. The van der Waals surface area contributed by atoms with Crippen LogP contribution >= 0.6 is 0 Å². The monoisotopic (exact) mass is 373 g/mol. The third-order valence-corrected chi connectivity index (χ3v) is 5.23. The highest BCUT2D eigenvalue weighted by Gasteiger charge is 2.19. The summed E-state index contributed by atoms with van der Waals surface area (Å²) >= 11 is 0. The Morgan fingerprint density at radius 3 is 2.36 bits per heavy atom. The lowest BCUT2D eigenvalue weighted by atomic mass is 10.1. The summed E-state index contributed by atoms with van der Waals surface area (Å²) in [5.74, 6) is 1.62. The van der Waals surface area contributed by atoms with E-state index in [1.54, 1.807) is 0 Å². The van der Waals surface area contributed by atoms with Gasteiger partial charge in [-0.1, -0.05) is 24.3 Å². The highest BCUT2D eigenvalue weighted by Crippen LogP contribution is 2.23. The minimum absolute atomic E-state index is 0.791. The van der Waals surface area contributed by atoms with Crippen molar-refractivity contribution < 1.29 is 0 Å². The molecule has 0 spiro atoms. The van der Waals surface area contributed by atoms with Crippen LogP contribution in [0.1, 0.15) is 16.7 Å². The first-order chi connectivity index (χ1) is 13.6. The lowest BCUT2D eigenvalue weighted by Crippen LogP contribution is -2.47. The lowest BCUT2D eigenvalue weighted by molar-refractivity contribution is 0.640. The second kappa shape index (κ2) is 7.89. The third kappa shape index (κ3) is 4.09. The number of aryl methyl sites for hydroxylation is 3. The van der Waals surface area contributed by atoms with Crippen LogP contribution in [0.2, 0.25) is 0 Å². The van der Waals surface area contributed by atoms with Crippen molar-refractivity contribution >= 4 is 23.1 Å². The molecule has 0 saturated carbocycles. The molecule has 28 heavy (non-hydrogen) atoms. The molecule has 4 rings (SSSR count). The molecular weight excluding hydrogens is 346 g/mol. The minimum Gasteiger partial charge on any atom is -0.368 e. The van der Waals surface area contributed by atoms with Crippen molar-refractivity contribution in [3.63, 3.8) is 0 Å². The molecule has 1 aliphatic rings. The molecule has 144 valence electrons. The van der Waals surface area contributed by atoms with Crippen LogP contribution in [0.3, 0.4) is 0 Å². The molecule has 1 N–H and O–H groups in total. The molecule has 1 aliphatic heterocycles. The number of anilines is 4. The quantitative estimate of drug-likeness (QED) is 0.731. The van der Waals surface area contributed by atoms with Gasteiger partial charge in [0, 0.05) is 43.8 Å². The Bertz CT molecular complexity index is 961. The minimum atomic E-state index is 0.791. The Balaban J connectivity index is 1.44. The Labute approximate surface area is 167 Å². The molecule has 0 aliphatic carbocycles. The Morgan fingerprint density at radius 2 is 1.57 bits per heavy atom. The van der Waals surface area contributed by atoms with E-state index in [1.165, 1.54) is 22.4 Å². The van der Waals surface area contributed by atoms with Crippen LogP contribution in [0.5, 0.6) is 0 Å². The van der Waals surface area contributed by atoms with Crippen molar-refractivity contribution in [3.05, 3.63) is 71.4 Å². The van der Waals surface area contributed by atoms with E-state index >= 15 is 0 Å². The van der Waals surface area contributed by atoms with Crippen molar-refractivity contribution in [1.29, 1.82) is 0 Å². The summed E-state index contributed by atoms with van der Waals surface area (Å²) < 4.78 is 0. The van der Waals surface area contributed by atoms with Crippen LogP contribution in [-0.4, -0.2) is 36.1 Å². The van der Waals surface area contributed by atoms with Gasteiger partial charge in [-0.05, 0) is 61.7 Å². The molecule has 1 fully saturated rings. The highest BCUT2D eigenvalue weighted by molar-refractivity contribution is 5.62. The second-order valence-corrected chi connectivity index (χ2v) is 7.50. The molecule has 0 unspecified atom stereocenters. The molecule has 3 aromatic rings. The van der Waals surface area contributed by atoms with E-state index in [9.17, 15) is 0 Å². The fourth-order valence-corrected chi connectivity index (χ4v) is 3.57. The zero-order valence-electron chi connectivity index (χ0n) is 16.8. The van der Waals surface area contributed by atoms with Gasteiger partial charge >= 0.3 is 0 Å². The summed E-state index contributed by atoms with van der Waals surface area (Å²) in [5, 5.41) is 3.45. The van der Waals surface area contributed by atoms with E-state index in [-0.39, 0.29) is 0 Å². The van der Waals surface area contributed by atoms with E-state index in [0.29, 0.717) is 0 Å². The fourth-order valence-electron chi connectivity index (χ4n) is 3.57. The Morgan fingerprint density at radius 1 is 0.821 bits per heavy atom. The van der Waals surface area contributed by atoms with Crippen LogP contribution in [0.4, 0.5) is 23.1 Å². The number of piperazine rings is 1. The fraction of sp³-hybridized carbons (Fsp3) is 0.304. The SMILES string of the molecule is Cc1cccc(N2CCN(c3nccc(Nc4cc(C)ccc4C)n3)CC2)c1. The van der Waals surface area contributed by atoms with E-state index in [2.05, 4.69) is 83.3 Å². The Hall–Kier alpha value is -3.08. The van der Waals surface area contributed by atoms with E-state index < -0.39 is 0 Å². The van der Waals surface area contributed by atoms with Gasteiger partial charge in [0.25, 0.3) is 0 Å². The number of benzene rings is 2. The van der Waals surface area contributed by atoms with Crippen LogP contribution < -0.4 is 15.1 Å². The van der Waals surface area contributed by atoms with Gasteiger partial charge in [0.05, 0.1) is 0 Å². The number of nitrogens with zero attached hydrogens (tertiary/aromatic N) is 4. The molecule has 1 aromatic heterocycles. The van der Waals surface area contributed by atoms with Gasteiger partial charge in [0.2, 0.25) is 5.95 Å². The standard InChI is InChI=1S/C23H27N5/c1-17-5-4-6-20(15-17)27-11-13-28(14-12-27)23-24-10-9-22(26-23)25-21-16-18(2)7-8-19(21)3/h4-10,15-16H,11-14H2,1-3H3,(H,24,25,26). The largest absolute Gasteiger partial charge is 0.368 e. The van der Waals surface area contributed by atoms with Crippen molar-refractivity contribution in [2.45, 2.75) is 20.8 Å². The average molecular weight is 374 g/mol. The molecule has 0 amide bonds. The van der Waals surface area contributed by atoms with Gasteiger partial charge in [-0.3, -0.25) is 0 Å². The summed E-state index contributed by atoms with van der Waals surface area (Å²) in [7, 11) is 0. The van der Waals surface area contributed by atoms with Gasteiger partial charge in [-0.25, -0.2) is 4.98 Å². The van der Waals surface area contributed by atoms with E-state index in [0.717, 1.165) is 43.6 Å². The van der Waals surface area contributed by atoms with Crippen LogP contribution in [-0.2, 0) is 0 Å². The summed E-state index contributed by atoms with van der Waals surface area (Å²) in [6, 6.07) is 17.0. The molecular formula is C23H27N5. The first kappa shape index (κ1) is 18.3. The highest BCUT2D eigenvalue weighted by atomic mass is 15.3. The van der Waals surface area contributed by atoms with Crippen molar-refractivity contribution in [3.8, 4) is 0 Å². The average Bonchev–Trinajstić information content (AvgIpc) is 2.71. The Kier molecular flexibility index (Phi) is 5.15. The van der Waals surface area contributed by atoms with Gasteiger partial charge < -0.3 is 15.1 Å². The summed E-state index contributed by atoms with van der Waals surface area (Å²) in [6.07, 6.45) is 1.84. The molecule has 0 bridgehead atoms. The molecule has 2 aromatic carbocycles. The van der Waals surface area contributed by atoms with Gasteiger partial charge in [0.15, 0.2) is 0 Å². The number of rotatable bonds is 4. The maximum absolute atomic E-state index is 4.76. The smallest absolute Gasteiger partial charge is 0.227 e. The first-order valence-electron chi connectivity index (χ1n) is 9.82. The van der Waals surface area contributed by atoms with Crippen LogP contribution in [0.15, 0.2) is 54.7 Å². The van der Waals surface area contributed by atoms with Crippen molar-refractivity contribution in [2.24, 2.45) is 0 Å². The van der Waals surface area contributed by atoms with Gasteiger partial charge in [0.1, 0.15) is 5.82 Å². The number of hydrogen-bond acceptors (Lipinski definition) is 5. The third-order valence-electron chi connectivity index (χ3n) is 5.23. The van der Waals surface area contributed by atoms with E-state index in [1.807, 2.05) is 12.3 Å². The van der Waals surface area contributed by atoms with Gasteiger partial charge in [-0.2, -0.15) is 4.98 Å².